The van der Waals surface area contributed by atoms with Crippen molar-refractivity contribution >= 4 is 0 Å². The number of nitrogens with one attached hydrogen (secondary N) is 1. The molecule has 1 fully saturated rings. The zero-order chi connectivity index (χ0) is 12.3. The first-order chi connectivity index (χ1) is 8.14. The Balaban J connectivity index is 2.22. The van der Waals surface area contributed by atoms with Gasteiger partial charge in [0, 0.05) is 13.0 Å². The molecule has 3 heteroatoms. The van der Waals surface area contributed by atoms with Gasteiger partial charge in [-0.1, -0.05) is 12.1 Å². The molecular weight excluding hydrogens is 214 g/mol. The highest BCUT2D eigenvalue weighted by atomic mass is 16.5. The molecule has 3 nitrogen and oxygen atoms in total. The maximum Gasteiger partial charge on any atom is 0.122 e. The maximum atomic E-state index is 10.6. The number of hydrogen-bond acceptors (Lipinski definition) is 3. The molecule has 1 aromatic carbocycles. The molecule has 2 N–H and O–H groups in total. The summed E-state index contributed by atoms with van der Waals surface area (Å²) < 4.78 is 5.38. The molecule has 2 rings (SSSR count). The summed E-state index contributed by atoms with van der Waals surface area (Å²) in [5.41, 5.74) is 1.68. The van der Waals surface area contributed by atoms with Crippen molar-refractivity contribution in [2.24, 2.45) is 0 Å². The lowest BCUT2D eigenvalue weighted by Gasteiger charge is -2.33. The van der Waals surface area contributed by atoms with E-state index in [0.29, 0.717) is 13.0 Å². The first kappa shape index (κ1) is 12.4. The lowest BCUT2D eigenvalue weighted by atomic mass is 9.86. The molecule has 1 aliphatic rings. The van der Waals surface area contributed by atoms with E-state index in [1.54, 1.807) is 7.11 Å². The summed E-state index contributed by atoms with van der Waals surface area (Å²) in [7, 11) is 1.68. The third kappa shape index (κ3) is 2.79. The summed E-state index contributed by atoms with van der Waals surface area (Å²) >= 11 is 0. The molecule has 17 heavy (non-hydrogen) atoms. The first-order valence-electron chi connectivity index (χ1n) is 6.20. The lowest BCUT2D eigenvalue weighted by Crippen LogP contribution is -2.47. The van der Waals surface area contributed by atoms with Gasteiger partial charge in [-0.15, -0.1) is 0 Å². The molecule has 0 amide bonds. The fourth-order valence-corrected chi connectivity index (χ4v) is 2.52. The van der Waals surface area contributed by atoms with E-state index >= 15 is 0 Å². The minimum absolute atomic E-state index is 0.627. The topological polar surface area (TPSA) is 41.5 Å². The lowest BCUT2D eigenvalue weighted by molar-refractivity contribution is 0.0163. The highest BCUT2D eigenvalue weighted by Gasteiger charge is 2.30. The van der Waals surface area contributed by atoms with E-state index < -0.39 is 5.60 Å². The molecule has 0 radical (unpaired) electrons. The molecule has 1 aromatic rings. The number of β-amino-alcohol motifs (C(OH)–C–C–N with tert-alkyl or cyclic N) is 1. The Kier molecular flexibility index (Phi) is 3.69. The quantitative estimate of drug-likeness (QED) is 0.837. The van der Waals surface area contributed by atoms with E-state index in [9.17, 15) is 5.11 Å². The third-order valence-electron chi connectivity index (χ3n) is 3.54. The van der Waals surface area contributed by atoms with Gasteiger partial charge in [-0.2, -0.15) is 0 Å². The maximum absolute atomic E-state index is 10.6. The van der Waals surface area contributed by atoms with Crippen LogP contribution in [0.2, 0.25) is 0 Å². The zero-order valence-corrected chi connectivity index (χ0v) is 10.6. The first-order valence-corrected chi connectivity index (χ1v) is 6.20. The number of aryl methyl sites for hydroxylation is 1. The molecule has 0 saturated carbocycles. The molecule has 1 saturated heterocycles. The minimum atomic E-state index is -0.627. The van der Waals surface area contributed by atoms with E-state index in [0.717, 1.165) is 30.7 Å². The van der Waals surface area contributed by atoms with Crippen LogP contribution in [-0.2, 0) is 6.42 Å². The van der Waals surface area contributed by atoms with Crippen molar-refractivity contribution < 1.29 is 9.84 Å². The number of benzene rings is 1. The van der Waals surface area contributed by atoms with Crippen LogP contribution in [-0.4, -0.2) is 30.9 Å². The summed E-state index contributed by atoms with van der Waals surface area (Å²) in [5.74, 6) is 0.879. The molecule has 0 spiro atoms. The number of piperidine rings is 1. The highest BCUT2D eigenvalue weighted by Crippen LogP contribution is 2.29. The molecule has 1 aliphatic heterocycles. The molecule has 1 unspecified atom stereocenters. The fourth-order valence-electron chi connectivity index (χ4n) is 2.52. The largest absolute Gasteiger partial charge is 0.496 e. The van der Waals surface area contributed by atoms with Gasteiger partial charge in [0.25, 0.3) is 0 Å². The van der Waals surface area contributed by atoms with Gasteiger partial charge >= 0.3 is 0 Å². The standard InChI is InChI=1S/C14H21NO2/c1-11-5-3-6-13(17-2)12(11)9-14(16)7-4-8-15-10-14/h3,5-6,15-16H,4,7-10H2,1-2H3. The Bertz CT molecular complexity index is 384. The molecule has 1 heterocycles. The molecule has 0 aliphatic carbocycles. The van der Waals surface area contributed by atoms with Crippen molar-refractivity contribution in [3.05, 3.63) is 29.3 Å². The van der Waals surface area contributed by atoms with Gasteiger partial charge in [0.1, 0.15) is 5.75 Å². The van der Waals surface area contributed by atoms with Gasteiger partial charge in [0.2, 0.25) is 0 Å². The molecular formula is C14H21NO2. The van der Waals surface area contributed by atoms with Crippen molar-refractivity contribution in [3.8, 4) is 5.75 Å². The van der Waals surface area contributed by atoms with Gasteiger partial charge in [-0.25, -0.2) is 0 Å². The summed E-state index contributed by atoms with van der Waals surface area (Å²) in [6.07, 6.45) is 2.55. The van der Waals surface area contributed by atoms with E-state index in [1.165, 1.54) is 5.56 Å². The SMILES string of the molecule is COc1cccc(C)c1CC1(O)CCCNC1. The second-order valence-corrected chi connectivity index (χ2v) is 4.94. The van der Waals surface area contributed by atoms with Crippen LogP contribution >= 0.6 is 0 Å². The van der Waals surface area contributed by atoms with Gasteiger partial charge in [0.05, 0.1) is 12.7 Å². The minimum Gasteiger partial charge on any atom is -0.496 e. The smallest absolute Gasteiger partial charge is 0.122 e. The predicted octanol–water partition coefficient (Wildman–Crippen LogP) is 1.66. The van der Waals surface area contributed by atoms with Crippen molar-refractivity contribution in [1.29, 1.82) is 0 Å². The second-order valence-electron chi connectivity index (χ2n) is 4.94. The number of ether oxygens (including phenoxy) is 1. The number of aliphatic hydroxyl groups is 1. The average molecular weight is 235 g/mol. The van der Waals surface area contributed by atoms with Gasteiger partial charge in [-0.05, 0) is 43.5 Å². The fraction of sp³-hybridized carbons (Fsp3) is 0.571. The molecule has 1 atom stereocenters. The van der Waals surface area contributed by atoms with Crippen molar-refractivity contribution in [2.45, 2.75) is 31.8 Å². The Morgan fingerprint density at radius 1 is 1.47 bits per heavy atom. The van der Waals surface area contributed by atoms with Crippen LogP contribution in [0, 0.1) is 6.92 Å². The van der Waals surface area contributed by atoms with Gasteiger partial charge in [0.15, 0.2) is 0 Å². The summed E-state index contributed by atoms with van der Waals surface area (Å²) in [6, 6.07) is 6.01. The van der Waals surface area contributed by atoms with Crippen LogP contribution in [0.3, 0.4) is 0 Å². The Morgan fingerprint density at radius 2 is 2.29 bits per heavy atom. The molecule has 94 valence electrons. The van der Waals surface area contributed by atoms with Crippen LogP contribution in [0.1, 0.15) is 24.0 Å². The monoisotopic (exact) mass is 235 g/mol. The van der Waals surface area contributed by atoms with Crippen molar-refractivity contribution in [1.82, 2.24) is 5.32 Å². The normalized spacial score (nSPS) is 24.6. The van der Waals surface area contributed by atoms with Crippen LogP contribution in [0.5, 0.6) is 5.75 Å². The number of rotatable bonds is 3. The van der Waals surface area contributed by atoms with E-state index in [1.807, 2.05) is 12.1 Å². The van der Waals surface area contributed by atoms with E-state index in [-0.39, 0.29) is 0 Å². The summed E-state index contributed by atoms with van der Waals surface area (Å²) in [4.78, 5) is 0. The van der Waals surface area contributed by atoms with Gasteiger partial charge < -0.3 is 15.2 Å². The van der Waals surface area contributed by atoms with Crippen molar-refractivity contribution in [3.63, 3.8) is 0 Å². The Hall–Kier alpha value is -1.06. The number of hydrogen-bond donors (Lipinski definition) is 2. The average Bonchev–Trinajstić information content (AvgIpc) is 2.32. The van der Waals surface area contributed by atoms with Crippen molar-refractivity contribution in [2.75, 3.05) is 20.2 Å². The van der Waals surface area contributed by atoms with Crippen LogP contribution < -0.4 is 10.1 Å². The van der Waals surface area contributed by atoms with E-state index in [2.05, 4.69) is 18.3 Å². The van der Waals surface area contributed by atoms with Crippen LogP contribution in [0.15, 0.2) is 18.2 Å². The Labute approximate surface area is 103 Å². The predicted molar refractivity (Wildman–Crippen MR) is 68.5 cm³/mol. The number of methoxy groups -OCH3 is 1. The molecule has 0 bridgehead atoms. The second kappa shape index (κ2) is 5.07. The summed E-state index contributed by atoms with van der Waals surface area (Å²) in [6.45, 7) is 3.75. The third-order valence-corrected chi connectivity index (χ3v) is 3.54. The highest BCUT2D eigenvalue weighted by molar-refractivity contribution is 5.40. The molecule has 0 aromatic heterocycles. The zero-order valence-electron chi connectivity index (χ0n) is 10.6. The van der Waals surface area contributed by atoms with Crippen LogP contribution in [0.4, 0.5) is 0 Å². The Morgan fingerprint density at radius 3 is 2.94 bits per heavy atom. The summed E-state index contributed by atoms with van der Waals surface area (Å²) in [5, 5.41) is 13.8. The van der Waals surface area contributed by atoms with E-state index in [4.69, 9.17) is 4.74 Å². The van der Waals surface area contributed by atoms with Gasteiger partial charge in [-0.3, -0.25) is 0 Å². The van der Waals surface area contributed by atoms with Crippen LogP contribution in [0.25, 0.3) is 0 Å².